The molecule has 0 spiro atoms. The van der Waals surface area contributed by atoms with Crippen LogP contribution >= 0.6 is 0 Å². The van der Waals surface area contributed by atoms with Crippen molar-refractivity contribution in [2.75, 3.05) is 6.61 Å². The molecule has 0 fully saturated rings. The molecular formula is C7H7F6O3-. The lowest BCUT2D eigenvalue weighted by Crippen LogP contribution is -2.71. The second-order valence-corrected chi connectivity index (χ2v) is 2.81. The van der Waals surface area contributed by atoms with E-state index in [1.807, 2.05) is 0 Å². The van der Waals surface area contributed by atoms with Crippen molar-refractivity contribution >= 4 is 5.97 Å². The molecule has 0 aromatic heterocycles. The van der Waals surface area contributed by atoms with E-state index in [9.17, 15) is 36.2 Å². The highest BCUT2D eigenvalue weighted by atomic mass is 19.4. The number of esters is 1. The Hall–Kier alpha value is -0.990. The lowest BCUT2D eigenvalue weighted by atomic mass is 10.0. The Morgan fingerprint density at radius 3 is 1.75 bits per heavy atom. The fourth-order valence-electron chi connectivity index (χ4n) is 0.689. The first-order chi connectivity index (χ1) is 6.98. The van der Waals surface area contributed by atoms with Gasteiger partial charge in [-0.3, -0.25) is 4.79 Å². The average molecular weight is 253 g/mol. The van der Waals surface area contributed by atoms with Gasteiger partial charge in [0.15, 0.2) is 5.60 Å². The minimum absolute atomic E-state index is 0.00245. The number of alkyl halides is 6. The van der Waals surface area contributed by atoms with Gasteiger partial charge in [-0.25, -0.2) is 0 Å². The van der Waals surface area contributed by atoms with Gasteiger partial charge in [0.25, 0.3) is 0 Å². The summed E-state index contributed by atoms with van der Waals surface area (Å²) in [5, 5.41) is 10.6. The lowest BCUT2D eigenvalue weighted by Gasteiger charge is -2.40. The van der Waals surface area contributed by atoms with Crippen molar-refractivity contribution in [2.45, 2.75) is 31.3 Å². The first-order valence-electron chi connectivity index (χ1n) is 3.99. The Morgan fingerprint density at radius 1 is 1.12 bits per heavy atom. The third kappa shape index (κ3) is 2.57. The highest BCUT2D eigenvalue weighted by Gasteiger charge is 2.68. The summed E-state index contributed by atoms with van der Waals surface area (Å²) in [4.78, 5) is 10.5. The first-order valence-corrected chi connectivity index (χ1v) is 3.99. The van der Waals surface area contributed by atoms with Crippen LogP contribution in [0.3, 0.4) is 0 Å². The van der Waals surface area contributed by atoms with E-state index in [1.54, 1.807) is 0 Å². The molecule has 0 saturated heterocycles. The summed E-state index contributed by atoms with van der Waals surface area (Å²) in [6, 6.07) is 0. The summed E-state index contributed by atoms with van der Waals surface area (Å²) in [7, 11) is 0. The Balaban J connectivity index is 5.19. The smallest absolute Gasteiger partial charge is 0.399 e. The number of hydrogen-bond donors (Lipinski definition) is 0. The standard InChI is InChI=1S/C7H7F6O3/c1-2-3-16-4(14)5(15,6(8,9)10)7(11,12)13/h2-3H2,1H3/q-1. The number of halogens is 6. The monoisotopic (exact) mass is 253 g/mol. The van der Waals surface area contributed by atoms with Crippen LogP contribution in [-0.4, -0.2) is 30.5 Å². The van der Waals surface area contributed by atoms with Crippen molar-refractivity contribution in [1.82, 2.24) is 0 Å². The zero-order chi connectivity index (χ0) is 13.2. The number of ether oxygens (including phenoxy) is 1. The molecule has 3 nitrogen and oxygen atoms in total. The second kappa shape index (κ2) is 4.48. The second-order valence-electron chi connectivity index (χ2n) is 2.81. The molecule has 16 heavy (non-hydrogen) atoms. The van der Waals surface area contributed by atoms with Crippen LogP contribution in [0.4, 0.5) is 26.3 Å². The van der Waals surface area contributed by atoms with Crippen LogP contribution < -0.4 is 5.11 Å². The van der Waals surface area contributed by atoms with Crippen molar-refractivity contribution in [3.63, 3.8) is 0 Å². The van der Waals surface area contributed by atoms with Gasteiger partial charge in [0.1, 0.15) is 0 Å². The van der Waals surface area contributed by atoms with E-state index in [2.05, 4.69) is 4.74 Å². The molecular weight excluding hydrogens is 246 g/mol. The fraction of sp³-hybridized carbons (Fsp3) is 0.857. The van der Waals surface area contributed by atoms with E-state index in [-0.39, 0.29) is 6.42 Å². The Labute approximate surface area is 86.0 Å². The highest BCUT2D eigenvalue weighted by molar-refractivity contribution is 5.81. The Morgan fingerprint density at radius 2 is 1.50 bits per heavy atom. The van der Waals surface area contributed by atoms with Crippen molar-refractivity contribution < 1.29 is 41.0 Å². The summed E-state index contributed by atoms with van der Waals surface area (Å²) >= 11 is 0. The number of carbonyl (C=O) groups excluding carboxylic acids is 1. The van der Waals surface area contributed by atoms with Gasteiger partial charge in [0.2, 0.25) is 0 Å². The molecule has 0 amide bonds. The zero-order valence-corrected chi connectivity index (χ0v) is 7.91. The van der Waals surface area contributed by atoms with Crippen molar-refractivity contribution in [1.29, 1.82) is 0 Å². The van der Waals surface area contributed by atoms with Gasteiger partial charge in [-0.1, -0.05) is 6.92 Å². The molecule has 0 heterocycles. The SMILES string of the molecule is CCCOC(=O)C([O-])(C(F)(F)F)C(F)(F)F. The molecule has 9 heteroatoms. The van der Waals surface area contributed by atoms with Crippen LogP contribution in [0, 0.1) is 0 Å². The third-order valence-corrected chi connectivity index (χ3v) is 1.52. The van der Waals surface area contributed by atoms with Gasteiger partial charge in [0.05, 0.1) is 6.61 Å². The Kier molecular flexibility index (Phi) is 4.20. The largest absolute Gasteiger partial charge is 0.828 e. The van der Waals surface area contributed by atoms with Gasteiger partial charge in [-0.15, -0.1) is 0 Å². The minimum Gasteiger partial charge on any atom is -0.828 e. The molecule has 0 bridgehead atoms. The molecule has 96 valence electrons. The molecule has 0 saturated carbocycles. The molecule has 0 rings (SSSR count). The maximum atomic E-state index is 11.9. The summed E-state index contributed by atoms with van der Waals surface area (Å²) in [6.45, 7) is 0.663. The van der Waals surface area contributed by atoms with Crippen LogP contribution in [0.5, 0.6) is 0 Å². The summed E-state index contributed by atoms with van der Waals surface area (Å²) < 4.78 is 75.3. The van der Waals surface area contributed by atoms with Crippen molar-refractivity contribution in [3.05, 3.63) is 0 Å². The molecule has 0 aromatic rings. The van der Waals surface area contributed by atoms with Crippen LogP contribution in [0.25, 0.3) is 0 Å². The zero-order valence-electron chi connectivity index (χ0n) is 7.91. The first kappa shape index (κ1) is 15.0. The van der Waals surface area contributed by atoms with Gasteiger partial charge < -0.3 is 9.84 Å². The number of rotatable bonds is 3. The third-order valence-electron chi connectivity index (χ3n) is 1.52. The maximum absolute atomic E-state index is 11.9. The molecule has 0 atom stereocenters. The quantitative estimate of drug-likeness (QED) is 0.560. The van der Waals surface area contributed by atoms with E-state index in [4.69, 9.17) is 0 Å². The molecule has 0 aliphatic heterocycles. The van der Waals surface area contributed by atoms with Gasteiger partial charge >= 0.3 is 18.3 Å². The number of carbonyl (C=O) groups is 1. The van der Waals surface area contributed by atoms with Gasteiger partial charge in [-0.05, 0) is 6.42 Å². The predicted molar refractivity (Wildman–Crippen MR) is 36.1 cm³/mol. The lowest BCUT2D eigenvalue weighted by molar-refractivity contribution is -0.574. The summed E-state index contributed by atoms with van der Waals surface area (Å²) in [5.41, 5.74) is -5.73. The molecule has 0 unspecified atom stereocenters. The molecule has 0 aliphatic rings. The molecule has 0 aliphatic carbocycles. The van der Waals surface area contributed by atoms with E-state index in [0.717, 1.165) is 0 Å². The van der Waals surface area contributed by atoms with Crippen molar-refractivity contribution in [2.24, 2.45) is 0 Å². The highest BCUT2D eigenvalue weighted by Crippen LogP contribution is 2.41. The van der Waals surface area contributed by atoms with Gasteiger partial charge in [-0.2, -0.15) is 26.3 Å². The topological polar surface area (TPSA) is 49.4 Å². The van der Waals surface area contributed by atoms with E-state index >= 15 is 0 Å². The Bertz CT molecular complexity index is 242. The average Bonchev–Trinajstić information content (AvgIpc) is 2.08. The number of hydrogen-bond acceptors (Lipinski definition) is 3. The summed E-state index contributed by atoms with van der Waals surface area (Å²) in [6.07, 6.45) is -12.6. The van der Waals surface area contributed by atoms with Crippen LogP contribution in [0.2, 0.25) is 0 Å². The summed E-state index contributed by atoms with van der Waals surface area (Å²) in [5.74, 6) is -2.88. The normalized spacial score (nSPS) is 13.8. The van der Waals surface area contributed by atoms with E-state index in [0.29, 0.717) is 0 Å². The van der Waals surface area contributed by atoms with Crippen LogP contribution in [0.1, 0.15) is 13.3 Å². The predicted octanol–water partition coefficient (Wildman–Crippen LogP) is 1.16. The van der Waals surface area contributed by atoms with Gasteiger partial charge in [0, 0.05) is 0 Å². The fourth-order valence-corrected chi connectivity index (χ4v) is 0.689. The molecule has 0 N–H and O–H groups in total. The van der Waals surface area contributed by atoms with Crippen molar-refractivity contribution in [3.8, 4) is 0 Å². The van der Waals surface area contributed by atoms with Crippen LogP contribution in [-0.2, 0) is 9.53 Å². The van der Waals surface area contributed by atoms with E-state index in [1.165, 1.54) is 6.92 Å². The van der Waals surface area contributed by atoms with E-state index < -0.39 is 30.5 Å². The molecule has 0 radical (unpaired) electrons. The maximum Gasteiger partial charge on any atom is 0.399 e. The minimum atomic E-state index is -6.30. The van der Waals surface area contributed by atoms with Crippen LogP contribution in [0.15, 0.2) is 0 Å². The molecule has 0 aromatic carbocycles.